The van der Waals surface area contributed by atoms with Crippen LogP contribution in [0.2, 0.25) is 0 Å². The zero-order valence-corrected chi connectivity index (χ0v) is 14.8. The van der Waals surface area contributed by atoms with E-state index < -0.39 is 0 Å². The third kappa shape index (κ3) is 4.42. The molecule has 0 spiro atoms. The Hall–Kier alpha value is -3.28. The van der Waals surface area contributed by atoms with Gasteiger partial charge >= 0.3 is 0 Å². The molecule has 3 aromatic rings. The van der Waals surface area contributed by atoms with Gasteiger partial charge in [-0.25, -0.2) is 10.1 Å². The first-order chi connectivity index (χ1) is 12.6. The van der Waals surface area contributed by atoms with Crippen LogP contribution in [-0.4, -0.2) is 26.9 Å². The normalized spacial score (nSPS) is 11.2. The van der Waals surface area contributed by atoms with Gasteiger partial charge in [0.1, 0.15) is 5.69 Å². The molecule has 132 valence electrons. The molecule has 0 saturated heterocycles. The van der Waals surface area contributed by atoms with Crippen molar-refractivity contribution in [2.45, 2.75) is 20.3 Å². The molecule has 0 fully saturated rings. The second-order valence-electron chi connectivity index (χ2n) is 6.34. The Balaban J connectivity index is 1.90. The SMILES string of the molecule is CC(C)CC(=O)N/N=C\c1cn(-c2ccccc2)nc1-c1ccncc1. The fourth-order valence-corrected chi connectivity index (χ4v) is 2.52. The molecule has 2 heterocycles. The maximum absolute atomic E-state index is 11.8. The molecule has 1 amide bonds. The predicted molar refractivity (Wildman–Crippen MR) is 102 cm³/mol. The first-order valence-corrected chi connectivity index (χ1v) is 8.51. The van der Waals surface area contributed by atoms with Crippen LogP contribution in [0.4, 0.5) is 0 Å². The van der Waals surface area contributed by atoms with Crippen molar-refractivity contribution in [3.63, 3.8) is 0 Å². The van der Waals surface area contributed by atoms with Crippen molar-refractivity contribution in [3.8, 4) is 16.9 Å². The maximum atomic E-state index is 11.8. The molecular formula is C20H21N5O. The number of aromatic nitrogens is 3. The Kier molecular flexibility index (Phi) is 5.53. The lowest BCUT2D eigenvalue weighted by Crippen LogP contribution is -2.19. The highest BCUT2D eigenvalue weighted by Gasteiger charge is 2.11. The summed E-state index contributed by atoms with van der Waals surface area (Å²) in [5.41, 5.74) is 6.04. The minimum atomic E-state index is -0.0998. The number of para-hydroxylation sites is 1. The number of hydrogen-bond acceptors (Lipinski definition) is 4. The molecule has 0 aliphatic rings. The number of nitrogens with one attached hydrogen (secondary N) is 1. The van der Waals surface area contributed by atoms with Gasteiger partial charge in [-0.2, -0.15) is 10.2 Å². The standard InChI is InChI=1S/C20H21N5O/c1-15(2)12-19(26)23-22-13-17-14-25(18-6-4-3-5-7-18)24-20(17)16-8-10-21-11-9-16/h3-11,13-15H,12H2,1-2H3,(H,23,26)/b22-13-. The lowest BCUT2D eigenvalue weighted by atomic mass is 10.1. The molecule has 6 nitrogen and oxygen atoms in total. The molecular weight excluding hydrogens is 326 g/mol. The Bertz CT molecular complexity index is 885. The van der Waals surface area contributed by atoms with Crippen LogP contribution in [0.25, 0.3) is 16.9 Å². The van der Waals surface area contributed by atoms with E-state index in [1.165, 1.54) is 0 Å². The summed E-state index contributed by atoms with van der Waals surface area (Å²) in [6, 6.07) is 13.6. The van der Waals surface area contributed by atoms with Crippen molar-refractivity contribution in [1.82, 2.24) is 20.2 Å². The van der Waals surface area contributed by atoms with Gasteiger partial charge in [-0.15, -0.1) is 0 Å². The van der Waals surface area contributed by atoms with Crippen molar-refractivity contribution in [3.05, 3.63) is 66.6 Å². The Morgan fingerprint density at radius 1 is 1.19 bits per heavy atom. The van der Waals surface area contributed by atoms with Crippen LogP contribution >= 0.6 is 0 Å². The lowest BCUT2D eigenvalue weighted by molar-refractivity contribution is -0.121. The molecule has 0 atom stereocenters. The third-order valence-electron chi connectivity index (χ3n) is 3.70. The summed E-state index contributed by atoms with van der Waals surface area (Å²) in [5, 5.41) is 8.78. The lowest BCUT2D eigenvalue weighted by Gasteiger charge is -2.02. The second kappa shape index (κ2) is 8.20. The van der Waals surface area contributed by atoms with Gasteiger partial charge in [-0.1, -0.05) is 32.0 Å². The van der Waals surface area contributed by atoms with E-state index in [0.29, 0.717) is 12.3 Å². The molecule has 0 radical (unpaired) electrons. The van der Waals surface area contributed by atoms with E-state index >= 15 is 0 Å². The van der Waals surface area contributed by atoms with E-state index in [1.54, 1.807) is 23.3 Å². The largest absolute Gasteiger partial charge is 0.273 e. The van der Waals surface area contributed by atoms with Crippen molar-refractivity contribution in [2.24, 2.45) is 11.0 Å². The highest BCUT2D eigenvalue weighted by molar-refractivity contribution is 5.89. The van der Waals surface area contributed by atoms with Crippen LogP contribution in [0.5, 0.6) is 0 Å². The van der Waals surface area contributed by atoms with Crippen LogP contribution in [0.3, 0.4) is 0 Å². The van der Waals surface area contributed by atoms with E-state index in [9.17, 15) is 4.79 Å². The van der Waals surface area contributed by atoms with Crippen LogP contribution in [-0.2, 0) is 4.79 Å². The van der Waals surface area contributed by atoms with E-state index in [4.69, 9.17) is 0 Å². The molecule has 2 aromatic heterocycles. The average Bonchev–Trinajstić information content (AvgIpc) is 3.07. The fraction of sp³-hybridized carbons (Fsp3) is 0.200. The zero-order valence-electron chi connectivity index (χ0n) is 14.8. The van der Waals surface area contributed by atoms with Crippen LogP contribution in [0.1, 0.15) is 25.8 Å². The molecule has 1 N–H and O–H groups in total. The summed E-state index contributed by atoms with van der Waals surface area (Å²) in [5.74, 6) is 0.190. The summed E-state index contributed by atoms with van der Waals surface area (Å²) >= 11 is 0. The number of amides is 1. The number of pyridine rings is 1. The highest BCUT2D eigenvalue weighted by Crippen LogP contribution is 2.21. The maximum Gasteiger partial charge on any atom is 0.240 e. The summed E-state index contributed by atoms with van der Waals surface area (Å²) in [7, 11) is 0. The number of nitrogens with zero attached hydrogens (tertiary/aromatic N) is 4. The average molecular weight is 347 g/mol. The number of hydrogen-bond donors (Lipinski definition) is 1. The zero-order chi connectivity index (χ0) is 18.4. The summed E-state index contributed by atoms with van der Waals surface area (Å²) in [4.78, 5) is 15.8. The van der Waals surface area contributed by atoms with Gasteiger partial charge in [-0.05, 0) is 30.2 Å². The number of hydrazone groups is 1. The van der Waals surface area contributed by atoms with Gasteiger partial charge in [0.05, 0.1) is 11.9 Å². The minimum absolute atomic E-state index is 0.0998. The summed E-state index contributed by atoms with van der Waals surface area (Å²) < 4.78 is 1.80. The fourth-order valence-electron chi connectivity index (χ4n) is 2.52. The van der Waals surface area contributed by atoms with Gasteiger partial charge in [-0.3, -0.25) is 9.78 Å². The topological polar surface area (TPSA) is 72.2 Å². The minimum Gasteiger partial charge on any atom is -0.273 e. The summed E-state index contributed by atoms with van der Waals surface area (Å²) in [6.07, 6.45) is 7.41. The number of carbonyl (C=O) groups is 1. The van der Waals surface area contributed by atoms with Gasteiger partial charge in [0.2, 0.25) is 5.91 Å². The first-order valence-electron chi connectivity index (χ1n) is 8.51. The first kappa shape index (κ1) is 17.5. The number of carbonyl (C=O) groups excluding carboxylic acids is 1. The van der Waals surface area contributed by atoms with Crippen LogP contribution < -0.4 is 5.43 Å². The van der Waals surface area contributed by atoms with Crippen molar-refractivity contribution >= 4 is 12.1 Å². The molecule has 0 bridgehead atoms. The van der Waals surface area contributed by atoms with E-state index in [1.807, 2.05) is 62.5 Å². The van der Waals surface area contributed by atoms with E-state index in [0.717, 1.165) is 22.5 Å². The monoisotopic (exact) mass is 347 g/mol. The molecule has 26 heavy (non-hydrogen) atoms. The van der Waals surface area contributed by atoms with Crippen LogP contribution in [0, 0.1) is 5.92 Å². The molecule has 3 rings (SSSR count). The van der Waals surface area contributed by atoms with Gasteiger partial charge in [0.15, 0.2) is 0 Å². The molecule has 0 aliphatic heterocycles. The Morgan fingerprint density at radius 3 is 2.62 bits per heavy atom. The predicted octanol–water partition coefficient (Wildman–Crippen LogP) is 3.43. The van der Waals surface area contributed by atoms with E-state index in [-0.39, 0.29) is 5.91 Å². The van der Waals surface area contributed by atoms with Crippen molar-refractivity contribution < 1.29 is 4.79 Å². The second-order valence-corrected chi connectivity index (χ2v) is 6.34. The molecule has 0 saturated carbocycles. The number of benzene rings is 1. The molecule has 1 aromatic carbocycles. The Labute approximate surface area is 152 Å². The highest BCUT2D eigenvalue weighted by atomic mass is 16.2. The van der Waals surface area contributed by atoms with Crippen LogP contribution in [0.15, 0.2) is 66.2 Å². The molecule has 0 aliphatic carbocycles. The van der Waals surface area contributed by atoms with E-state index in [2.05, 4.69) is 20.6 Å². The summed E-state index contributed by atoms with van der Waals surface area (Å²) in [6.45, 7) is 3.99. The van der Waals surface area contributed by atoms with Gasteiger partial charge in [0.25, 0.3) is 0 Å². The smallest absolute Gasteiger partial charge is 0.240 e. The molecule has 6 heteroatoms. The van der Waals surface area contributed by atoms with Gasteiger partial charge in [0, 0.05) is 36.1 Å². The molecule has 0 unspecified atom stereocenters. The van der Waals surface area contributed by atoms with Crippen molar-refractivity contribution in [2.75, 3.05) is 0 Å². The third-order valence-corrected chi connectivity index (χ3v) is 3.70. The van der Waals surface area contributed by atoms with Crippen molar-refractivity contribution in [1.29, 1.82) is 0 Å². The number of rotatable bonds is 6. The Morgan fingerprint density at radius 2 is 1.92 bits per heavy atom. The quantitative estimate of drug-likeness (QED) is 0.548. The van der Waals surface area contributed by atoms with Gasteiger partial charge < -0.3 is 0 Å².